The Labute approximate surface area is 104 Å². The molecule has 1 heterocycles. The molecule has 2 unspecified atom stereocenters. The van der Waals surface area contributed by atoms with Crippen molar-refractivity contribution in [3.63, 3.8) is 0 Å². The molecule has 0 spiro atoms. The van der Waals surface area contributed by atoms with E-state index in [1.54, 1.807) is 0 Å². The van der Waals surface area contributed by atoms with Crippen LogP contribution in [0.25, 0.3) is 0 Å². The van der Waals surface area contributed by atoms with E-state index < -0.39 is 15.9 Å². The van der Waals surface area contributed by atoms with Gasteiger partial charge in [-0.05, 0) is 19.4 Å². The van der Waals surface area contributed by atoms with Crippen LogP contribution in [0.5, 0.6) is 0 Å². The summed E-state index contributed by atoms with van der Waals surface area (Å²) in [4.78, 5) is 2.23. The van der Waals surface area contributed by atoms with Crippen LogP contribution < -0.4 is 0 Å². The maximum atomic E-state index is 11.0. The molecule has 0 aliphatic carbocycles. The zero-order chi connectivity index (χ0) is 12.9. The van der Waals surface area contributed by atoms with Gasteiger partial charge in [-0.25, -0.2) is 8.42 Å². The average Bonchev–Trinajstić information content (AvgIpc) is 2.27. The number of rotatable bonds is 6. The number of likely N-dealkylation sites (N-methyl/N-ethyl adjacent to an activating group) is 1. The molecule has 1 aliphatic rings. The lowest BCUT2D eigenvalue weighted by Gasteiger charge is -2.34. The van der Waals surface area contributed by atoms with Crippen molar-refractivity contribution in [2.45, 2.75) is 32.0 Å². The summed E-state index contributed by atoms with van der Waals surface area (Å²) in [5.74, 6) is 0.133. The van der Waals surface area contributed by atoms with Gasteiger partial charge < -0.3 is 9.84 Å². The first kappa shape index (κ1) is 14.9. The van der Waals surface area contributed by atoms with Gasteiger partial charge in [0.25, 0.3) is 0 Å². The number of morpholine rings is 1. The fourth-order valence-corrected chi connectivity index (χ4v) is 2.68. The summed E-state index contributed by atoms with van der Waals surface area (Å²) < 4.78 is 27.4. The second-order valence-corrected chi connectivity index (χ2v) is 6.90. The van der Waals surface area contributed by atoms with Gasteiger partial charge >= 0.3 is 0 Å². The van der Waals surface area contributed by atoms with E-state index >= 15 is 0 Å². The number of hydrogen-bond donors (Lipinski definition) is 1. The van der Waals surface area contributed by atoms with Crippen molar-refractivity contribution in [2.24, 2.45) is 0 Å². The second-order valence-electron chi connectivity index (χ2n) is 4.64. The first-order valence-corrected chi connectivity index (χ1v) is 8.18. The standard InChI is InChI=1S/C11H23NO4S/c1-3-12-6-7-16-11(9-12)10(13)5-4-8-17(2,14)15/h10-11,13H,3-9H2,1-2H3. The minimum Gasteiger partial charge on any atom is -0.390 e. The fourth-order valence-electron chi connectivity index (χ4n) is 1.99. The van der Waals surface area contributed by atoms with Crippen LogP contribution in [0.3, 0.4) is 0 Å². The highest BCUT2D eigenvalue weighted by atomic mass is 32.2. The minimum absolute atomic E-state index is 0.133. The number of aliphatic hydroxyl groups excluding tert-OH is 1. The second kappa shape index (κ2) is 6.68. The number of nitrogens with zero attached hydrogens (tertiary/aromatic N) is 1. The van der Waals surface area contributed by atoms with Crippen LogP contribution in [0.1, 0.15) is 19.8 Å². The van der Waals surface area contributed by atoms with Crippen molar-refractivity contribution < 1.29 is 18.3 Å². The normalized spacial score (nSPS) is 24.8. The molecule has 1 rings (SSSR count). The van der Waals surface area contributed by atoms with Crippen LogP contribution in [-0.4, -0.2) is 68.9 Å². The molecule has 0 saturated carbocycles. The van der Waals surface area contributed by atoms with Crippen molar-refractivity contribution >= 4 is 9.84 Å². The van der Waals surface area contributed by atoms with Gasteiger partial charge in [0.15, 0.2) is 0 Å². The van der Waals surface area contributed by atoms with Crippen LogP contribution in [0, 0.1) is 0 Å². The summed E-state index contributed by atoms with van der Waals surface area (Å²) in [6.45, 7) is 5.32. The number of sulfone groups is 1. The van der Waals surface area contributed by atoms with Gasteiger partial charge in [0.2, 0.25) is 0 Å². The smallest absolute Gasteiger partial charge is 0.147 e. The SMILES string of the molecule is CCN1CCOC(C(O)CCCS(C)(=O)=O)C1. The molecule has 102 valence electrons. The first-order chi connectivity index (χ1) is 7.92. The largest absolute Gasteiger partial charge is 0.390 e. The molecule has 5 nitrogen and oxygen atoms in total. The maximum Gasteiger partial charge on any atom is 0.147 e. The maximum absolute atomic E-state index is 11.0. The van der Waals surface area contributed by atoms with Crippen LogP contribution in [0.15, 0.2) is 0 Å². The summed E-state index contributed by atoms with van der Waals surface area (Å²) in [5.41, 5.74) is 0. The Balaban J connectivity index is 2.29. The lowest BCUT2D eigenvalue weighted by atomic mass is 10.1. The summed E-state index contributed by atoms with van der Waals surface area (Å²) in [6, 6.07) is 0. The highest BCUT2D eigenvalue weighted by Gasteiger charge is 2.25. The quantitative estimate of drug-likeness (QED) is 0.726. The molecule has 0 bridgehead atoms. The zero-order valence-corrected chi connectivity index (χ0v) is 11.4. The molecule has 1 N–H and O–H groups in total. The Morgan fingerprint density at radius 1 is 1.53 bits per heavy atom. The van der Waals surface area contributed by atoms with Crippen LogP contribution >= 0.6 is 0 Å². The topological polar surface area (TPSA) is 66.8 Å². The van der Waals surface area contributed by atoms with Crippen LogP contribution in [0.4, 0.5) is 0 Å². The summed E-state index contributed by atoms with van der Waals surface area (Å²) in [5, 5.41) is 9.94. The summed E-state index contributed by atoms with van der Waals surface area (Å²) in [7, 11) is -2.93. The molecule has 0 aromatic carbocycles. The molecule has 2 atom stereocenters. The van der Waals surface area contributed by atoms with Crippen molar-refractivity contribution in [3.05, 3.63) is 0 Å². The van der Waals surface area contributed by atoms with Gasteiger partial charge in [-0.3, -0.25) is 4.90 Å². The Morgan fingerprint density at radius 2 is 2.24 bits per heavy atom. The Bertz CT molecular complexity index is 317. The van der Waals surface area contributed by atoms with E-state index in [1.807, 2.05) is 0 Å². The van der Waals surface area contributed by atoms with E-state index in [1.165, 1.54) is 6.26 Å². The Morgan fingerprint density at radius 3 is 2.82 bits per heavy atom. The zero-order valence-electron chi connectivity index (χ0n) is 10.6. The Kier molecular flexibility index (Phi) is 5.85. The minimum atomic E-state index is -2.93. The van der Waals surface area contributed by atoms with Gasteiger partial charge in [-0.2, -0.15) is 0 Å². The number of aliphatic hydroxyl groups is 1. The molecule has 1 saturated heterocycles. The molecule has 17 heavy (non-hydrogen) atoms. The predicted molar refractivity (Wildman–Crippen MR) is 66.8 cm³/mol. The van der Waals surface area contributed by atoms with E-state index in [2.05, 4.69) is 11.8 Å². The van der Waals surface area contributed by atoms with E-state index in [9.17, 15) is 13.5 Å². The van der Waals surface area contributed by atoms with Gasteiger partial charge in [-0.1, -0.05) is 6.92 Å². The van der Waals surface area contributed by atoms with Crippen LogP contribution in [-0.2, 0) is 14.6 Å². The lowest BCUT2D eigenvalue weighted by Crippen LogP contribution is -2.47. The van der Waals surface area contributed by atoms with E-state index in [0.29, 0.717) is 19.4 Å². The highest BCUT2D eigenvalue weighted by molar-refractivity contribution is 7.90. The molecule has 0 radical (unpaired) electrons. The molecule has 0 amide bonds. The van der Waals surface area contributed by atoms with E-state index in [0.717, 1.165) is 19.6 Å². The van der Waals surface area contributed by atoms with Gasteiger partial charge in [0.05, 0.1) is 18.8 Å². The fraction of sp³-hybridized carbons (Fsp3) is 1.00. The number of hydrogen-bond acceptors (Lipinski definition) is 5. The third-order valence-corrected chi connectivity index (χ3v) is 4.10. The number of ether oxygens (including phenoxy) is 1. The van der Waals surface area contributed by atoms with Crippen molar-refractivity contribution in [1.29, 1.82) is 0 Å². The summed E-state index contributed by atoms with van der Waals surface area (Å²) in [6.07, 6.45) is 1.45. The van der Waals surface area contributed by atoms with Gasteiger partial charge in [0, 0.05) is 25.1 Å². The lowest BCUT2D eigenvalue weighted by molar-refractivity contribution is -0.0892. The van der Waals surface area contributed by atoms with Crippen molar-refractivity contribution in [3.8, 4) is 0 Å². The molecule has 1 aliphatic heterocycles. The molecular weight excluding hydrogens is 242 g/mol. The predicted octanol–water partition coefficient (Wildman–Crippen LogP) is -0.107. The molecule has 0 aromatic rings. The van der Waals surface area contributed by atoms with Crippen molar-refractivity contribution in [2.75, 3.05) is 38.2 Å². The van der Waals surface area contributed by atoms with Gasteiger partial charge in [-0.15, -0.1) is 0 Å². The molecular formula is C11H23NO4S. The third-order valence-electron chi connectivity index (χ3n) is 3.07. The highest BCUT2D eigenvalue weighted by Crippen LogP contribution is 2.13. The third kappa shape index (κ3) is 5.81. The van der Waals surface area contributed by atoms with Crippen molar-refractivity contribution in [1.82, 2.24) is 4.90 Å². The van der Waals surface area contributed by atoms with E-state index in [4.69, 9.17) is 4.74 Å². The average molecular weight is 265 g/mol. The molecule has 1 fully saturated rings. The monoisotopic (exact) mass is 265 g/mol. The first-order valence-electron chi connectivity index (χ1n) is 6.12. The Hall–Kier alpha value is -0.170. The molecule has 0 aromatic heterocycles. The van der Waals surface area contributed by atoms with Gasteiger partial charge in [0.1, 0.15) is 9.84 Å². The van der Waals surface area contributed by atoms with E-state index in [-0.39, 0.29) is 11.9 Å². The summed E-state index contributed by atoms with van der Waals surface area (Å²) >= 11 is 0. The van der Waals surface area contributed by atoms with Crippen LogP contribution in [0.2, 0.25) is 0 Å². The molecule has 6 heteroatoms.